The Hall–Kier alpha value is -1.26. The Labute approximate surface area is 79.6 Å². The summed E-state index contributed by atoms with van der Waals surface area (Å²) in [5.74, 6) is 0.832. The van der Waals surface area contributed by atoms with E-state index in [0.717, 1.165) is 5.92 Å². The maximum atomic E-state index is 3.59. The number of hydrogen-bond acceptors (Lipinski definition) is 0. The minimum atomic E-state index is 0.832. The lowest BCUT2D eigenvalue weighted by molar-refractivity contribution is 1.10. The summed E-state index contributed by atoms with van der Waals surface area (Å²) in [5.41, 5.74) is 6.98. The Bertz CT molecular complexity index is 364. The van der Waals surface area contributed by atoms with Crippen LogP contribution in [0.25, 0.3) is 6.08 Å². The van der Waals surface area contributed by atoms with Gasteiger partial charge in [0.05, 0.1) is 0 Å². The molecule has 1 saturated carbocycles. The van der Waals surface area contributed by atoms with Crippen LogP contribution in [0.5, 0.6) is 0 Å². The molecule has 0 bridgehead atoms. The number of aryl methyl sites for hydroxylation is 1. The second-order valence-corrected chi connectivity index (χ2v) is 3.74. The van der Waals surface area contributed by atoms with Gasteiger partial charge in [0, 0.05) is 0 Å². The van der Waals surface area contributed by atoms with Crippen molar-refractivity contribution in [3.63, 3.8) is 0 Å². The smallest absolute Gasteiger partial charge is 0.0133 e. The lowest BCUT2D eigenvalue weighted by Gasteiger charge is -2.04. The molecule has 0 aliphatic heterocycles. The van der Waals surface area contributed by atoms with Crippen LogP contribution in [-0.2, 0) is 0 Å². The molecule has 0 saturated heterocycles. The predicted molar refractivity (Wildman–Crippen MR) is 56.8 cm³/mol. The van der Waals surface area contributed by atoms with E-state index in [0.29, 0.717) is 0 Å². The lowest BCUT2D eigenvalue weighted by Crippen LogP contribution is -1.86. The van der Waals surface area contributed by atoms with Gasteiger partial charge in [-0.3, -0.25) is 0 Å². The molecule has 1 aliphatic carbocycles. The molecule has 0 aromatic heterocycles. The zero-order valence-electron chi connectivity index (χ0n) is 8.01. The Kier molecular flexibility index (Phi) is 2.08. The van der Waals surface area contributed by atoms with E-state index in [-0.39, 0.29) is 0 Å². The zero-order valence-corrected chi connectivity index (χ0v) is 8.01. The average molecular weight is 170 g/mol. The molecule has 0 N–H and O–H groups in total. The van der Waals surface area contributed by atoms with E-state index in [1.807, 2.05) is 6.08 Å². The second kappa shape index (κ2) is 3.24. The predicted octanol–water partition coefficient (Wildman–Crippen LogP) is 3.67. The van der Waals surface area contributed by atoms with Gasteiger partial charge < -0.3 is 0 Å². The van der Waals surface area contributed by atoms with Gasteiger partial charge in [-0.15, -0.1) is 5.73 Å². The van der Waals surface area contributed by atoms with Crippen molar-refractivity contribution in [2.75, 3.05) is 0 Å². The van der Waals surface area contributed by atoms with Crippen molar-refractivity contribution in [1.82, 2.24) is 0 Å². The highest BCUT2D eigenvalue weighted by atomic mass is 14.3. The maximum Gasteiger partial charge on any atom is -0.0133 e. The average Bonchev–Trinajstić information content (AvgIpc) is 2.92. The third-order valence-electron chi connectivity index (χ3n) is 2.59. The SMILES string of the molecule is C=C=Cc1ccc(C)c(C2CC2)c1. The second-order valence-electron chi connectivity index (χ2n) is 3.74. The number of hydrogen-bond donors (Lipinski definition) is 0. The van der Waals surface area contributed by atoms with E-state index in [1.54, 1.807) is 0 Å². The van der Waals surface area contributed by atoms with E-state index in [1.165, 1.54) is 29.5 Å². The fourth-order valence-corrected chi connectivity index (χ4v) is 1.70. The molecule has 0 heteroatoms. The highest BCUT2D eigenvalue weighted by Crippen LogP contribution is 2.41. The Morgan fingerprint density at radius 2 is 2.23 bits per heavy atom. The maximum absolute atomic E-state index is 3.59. The first kappa shape index (κ1) is 8.34. The van der Waals surface area contributed by atoms with Crippen molar-refractivity contribution in [2.24, 2.45) is 0 Å². The van der Waals surface area contributed by atoms with E-state index in [9.17, 15) is 0 Å². The molecule has 0 radical (unpaired) electrons. The van der Waals surface area contributed by atoms with Crippen LogP contribution in [0.3, 0.4) is 0 Å². The largest absolute Gasteiger partial charge is 0.128 e. The van der Waals surface area contributed by atoms with Crippen molar-refractivity contribution in [2.45, 2.75) is 25.7 Å². The van der Waals surface area contributed by atoms with Gasteiger partial charge in [0.1, 0.15) is 0 Å². The van der Waals surface area contributed by atoms with Crippen LogP contribution in [0, 0.1) is 6.92 Å². The minimum Gasteiger partial charge on any atom is -0.128 e. The fourth-order valence-electron chi connectivity index (χ4n) is 1.70. The molecule has 0 spiro atoms. The molecule has 0 amide bonds. The molecular weight excluding hydrogens is 156 g/mol. The Morgan fingerprint density at radius 1 is 1.46 bits per heavy atom. The van der Waals surface area contributed by atoms with Crippen molar-refractivity contribution in [3.05, 3.63) is 47.2 Å². The third kappa shape index (κ3) is 1.74. The minimum absolute atomic E-state index is 0.832. The van der Waals surface area contributed by atoms with Crippen LogP contribution in [0.15, 0.2) is 30.5 Å². The molecule has 1 fully saturated rings. The number of rotatable bonds is 2. The van der Waals surface area contributed by atoms with Crippen LogP contribution in [-0.4, -0.2) is 0 Å². The highest BCUT2D eigenvalue weighted by molar-refractivity contribution is 5.52. The van der Waals surface area contributed by atoms with Gasteiger partial charge in [-0.2, -0.15) is 0 Å². The quantitative estimate of drug-likeness (QED) is 0.594. The van der Waals surface area contributed by atoms with Crippen LogP contribution >= 0.6 is 0 Å². The summed E-state index contributed by atoms with van der Waals surface area (Å²) < 4.78 is 0. The van der Waals surface area contributed by atoms with Crippen LogP contribution in [0.4, 0.5) is 0 Å². The summed E-state index contributed by atoms with van der Waals surface area (Å²) in [6.45, 7) is 5.78. The van der Waals surface area contributed by atoms with Crippen molar-refractivity contribution in [3.8, 4) is 0 Å². The van der Waals surface area contributed by atoms with Gasteiger partial charge in [0.2, 0.25) is 0 Å². The number of benzene rings is 1. The van der Waals surface area contributed by atoms with Gasteiger partial charge in [-0.1, -0.05) is 24.8 Å². The van der Waals surface area contributed by atoms with E-state index in [2.05, 4.69) is 37.4 Å². The first-order valence-corrected chi connectivity index (χ1v) is 4.77. The van der Waals surface area contributed by atoms with Gasteiger partial charge in [0.15, 0.2) is 0 Å². The molecule has 66 valence electrons. The van der Waals surface area contributed by atoms with Gasteiger partial charge in [0.25, 0.3) is 0 Å². The molecule has 2 rings (SSSR count). The van der Waals surface area contributed by atoms with Crippen LogP contribution in [0.1, 0.15) is 35.4 Å². The molecule has 1 aromatic carbocycles. The van der Waals surface area contributed by atoms with E-state index >= 15 is 0 Å². The zero-order chi connectivity index (χ0) is 9.26. The standard InChI is InChI=1S/C13H14/c1-3-4-11-6-5-10(2)13(9-11)12-7-8-12/h4-6,9,12H,1,7-8H2,2H3. The van der Waals surface area contributed by atoms with Crippen molar-refractivity contribution < 1.29 is 0 Å². The summed E-state index contributed by atoms with van der Waals surface area (Å²) in [7, 11) is 0. The normalized spacial score (nSPS) is 15.2. The monoisotopic (exact) mass is 170 g/mol. The van der Waals surface area contributed by atoms with Gasteiger partial charge >= 0.3 is 0 Å². The molecule has 0 heterocycles. The van der Waals surface area contributed by atoms with Crippen LogP contribution < -0.4 is 0 Å². The molecule has 0 nitrogen and oxygen atoms in total. The molecular formula is C13H14. The molecule has 1 aliphatic rings. The Balaban J connectivity index is 2.41. The molecule has 1 aromatic rings. The molecule has 0 unspecified atom stereocenters. The summed E-state index contributed by atoms with van der Waals surface area (Å²) in [6, 6.07) is 6.58. The molecule has 13 heavy (non-hydrogen) atoms. The molecule has 0 atom stereocenters. The first-order valence-electron chi connectivity index (χ1n) is 4.77. The lowest BCUT2D eigenvalue weighted by atomic mass is 10.0. The summed E-state index contributed by atoms with van der Waals surface area (Å²) in [6.07, 6.45) is 4.66. The van der Waals surface area contributed by atoms with Gasteiger partial charge in [-0.05, 0) is 48.4 Å². The summed E-state index contributed by atoms with van der Waals surface area (Å²) >= 11 is 0. The van der Waals surface area contributed by atoms with E-state index in [4.69, 9.17) is 0 Å². The van der Waals surface area contributed by atoms with Gasteiger partial charge in [-0.25, -0.2) is 0 Å². The third-order valence-corrected chi connectivity index (χ3v) is 2.59. The van der Waals surface area contributed by atoms with Crippen molar-refractivity contribution >= 4 is 6.08 Å². The first-order chi connectivity index (χ1) is 6.31. The van der Waals surface area contributed by atoms with Crippen molar-refractivity contribution in [1.29, 1.82) is 0 Å². The summed E-state index contributed by atoms with van der Waals surface area (Å²) in [4.78, 5) is 0. The van der Waals surface area contributed by atoms with Crippen LogP contribution in [0.2, 0.25) is 0 Å². The topological polar surface area (TPSA) is 0 Å². The Morgan fingerprint density at radius 3 is 2.85 bits per heavy atom. The fraction of sp³-hybridized carbons (Fsp3) is 0.308. The van der Waals surface area contributed by atoms with E-state index < -0.39 is 0 Å². The highest BCUT2D eigenvalue weighted by Gasteiger charge is 2.24. The summed E-state index contributed by atoms with van der Waals surface area (Å²) in [5, 5.41) is 0.